The third-order valence-electron chi connectivity index (χ3n) is 8.24. The molecule has 0 radical (unpaired) electrons. The van der Waals surface area contributed by atoms with Gasteiger partial charge in [0.1, 0.15) is 5.82 Å². The van der Waals surface area contributed by atoms with Crippen LogP contribution >= 0.6 is 0 Å². The Morgan fingerprint density at radius 1 is 0.731 bits per heavy atom. The van der Waals surface area contributed by atoms with Crippen molar-refractivity contribution in [1.29, 1.82) is 0 Å². The van der Waals surface area contributed by atoms with Crippen molar-refractivity contribution >= 4 is 0 Å². The van der Waals surface area contributed by atoms with E-state index < -0.39 is 0 Å². The SMILES string of the molecule is CCCC1CCC2CC(C3CCC(c4ccc(F)cc4)CC3)CCC2C1. The molecular weight excluding hydrogens is 319 g/mol. The van der Waals surface area contributed by atoms with E-state index in [0.717, 1.165) is 29.6 Å². The summed E-state index contributed by atoms with van der Waals surface area (Å²) >= 11 is 0. The molecule has 3 aliphatic rings. The lowest BCUT2D eigenvalue weighted by atomic mass is 9.60. The lowest BCUT2D eigenvalue weighted by Crippen LogP contribution is -2.34. The van der Waals surface area contributed by atoms with E-state index in [2.05, 4.69) is 6.92 Å². The summed E-state index contributed by atoms with van der Waals surface area (Å²) in [5, 5.41) is 0. The minimum atomic E-state index is -0.104. The van der Waals surface area contributed by atoms with Crippen molar-refractivity contribution in [2.24, 2.45) is 29.6 Å². The average molecular weight is 357 g/mol. The van der Waals surface area contributed by atoms with Crippen LogP contribution in [0.3, 0.4) is 0 Å². The Kier molecular flexibility index (Phi) is 6.01. The van der Waals surface area contributed by atoms with E-state index in [-0.39, 0.29) is 5.82 Å². The number of halogens is 1. The maximum Gasteiger partial charge on any atom is 0.123 e. The quantitative estimate of drug-likeness (QED) is 0.517. The van der Waals surface area contributed by atoms with Crippen LogP contribution in [0.25, 0.3) is 0 Å². The largest absolute Gasteiger partial charge is 0.207 e. The summed E-state index contributed by atoms with van der Waals surface area (Å²) < 4.78 is 13.2. The van der Waals surface area contributed by atoms with Crippen LogP contribution in [0, 0.1) is 35.4 Å². The van der Waals surface area contributed by atoms with Gasteiger partial charge >= 0.3 is 0 Å². The maximum absolute atomic E-state index is 13.2. The van der Waals surface area contributed by atoms with Gasteiger partial charge in [-0.15, -0.1) is 0 Å². The smallest absolute Gasteiger partial charge is 0.123 e. The molecule has 0 heterocycles. The van der Waals surface area contributed by atoms with Gasteiger partial charge < -0.3 is 0 Å². The molecule has 0 aliphatic heterocycles. The molecule has 0 amide bonds. The normalized spacial score (nSPS) is 37.9. The third-order valence-corrected chi connectivity index (χ3v) is 8.24. The molecule has 0 aromatic heterocycles. The Balaban J connectivity index is 1.27. The van der Waals surface area contributed by atoms with Crippen LogP contribution in [0.5, 0.6) is 0 Å². The predicted molar refractivity (Wildman–Crippen MR) is 108 cm³/mol. The fourth-order valence-electron chi connectivity index (χ4n) is 6.78. The van der Waals surface area contributed by atoms with Crippen molar-refractivity contribution in [3.8, 4) is 0 Å². The van der Waals surface area contributed by atoms with Crippen molar-refractivity contribution in [1.82, 2.24) is 0 Å². The minimum Gasteiger partial charge on any atom is -0.207 e. The molecular formula is C25H37F. The highest BCUT2D eigenvalue weighted by Gasteiger charge is 2.38. The van der Waals surface area contributed by atoms with Gasteiger partial charge in [0.2, 0.25) is 0 Å². The van der Waals surface area contributed by atoms with E-state index in [4.69, 9.17) is 0 Å². The van der Waals surface area contributed by atoms with Gasteiger partial charge in [-0.3, -0.25) is 0 Å². The third kappa shape index (κ3) is 4.18. The molecule has 4 atom stereocenters. The first-order valence-electron chi connectivity index (χ1n) is 11.5. The summed E-state index contributed by atoms with van der Waals surface area (Å²) in [6, 6.07) is 7.30. The molecule has 4 unspecified atom stereocenters. The monoisotopic (exact) mass is 356 g/mol. The minimum absolute atomic E-state index is 0.104. The summed E-state index contributed by atoms with van der Waals surface area (Å²) in [7, 11) is 0. The topological polar surface area (TPSA) is 0 Å². The van der Waals surface area contributed by atoms with Crippen molar-refractivity contribution < 1.29 is 4.39 Å². The Morgan fingerprint density at radius 2 is 1.31 bits per heavy atom. The summed E-state index contributed by atoms with van der Waals surface area (Å²) in [5.41, 5.74) is 1.36. The Hall–Kier alpha value is -0.850. The van der Waals surface area contributed by atoms with Crippen LogP contribution in [0.2, 0.25) is 0 Å². The molecule has 3 saturated carbocycles. The molecule has 4 rings (SSSR count). The van der Waals surface area contributed by atoms with Gasteiger partial charge in [-0.25, -0.2) is 4.39 Å². The second-order valence-electron chi connectivity index (χ2n) is 9.72. The summed E-state index contributed by atoms with van der Waals surface area (Å²) in [6.45, 7) is 2.35. The van der Waals surface area contributed by atoms with E-state index in [0.29, 0.717) is 5.92 Å². The number of fused-ring (bicyclic) bond motifs is 1. The zero-order valence-electron chi connectivity index (χ0n) is 16.6. The fraction of sp³-hybridized carbons (Fsp3) is 0.760. The van der Waals surface area contributed by atoms with E-state index in [1.54, 1.807) is 18.6 Å². The standard InChI is InChI=1S/C25H37F/c1-2-3-18-4-5-24-17-23(11-10-22(24)16-18)21-8-6-19(7-9-21)20-12-14-25(26)15-13-20/h12-15,18-19,21-24H,2-11,16-17H2,1H3. The molecule has 3 fully saturated rings. The summed E-state index contributed by atoms with van der Waals surface area (Å²) in [6.07, 6.45) is 17.4. The Labute approximate surface area is 160 Å². The molecule has 3 aliphatic carbocycles. The second-order valence-corrected chi connectivity index (χ2v) is 9.72. The highest BCUT2D eigenvalue weighted by Crippen LogP contribution is 2.50. The van der Waals surface area contributed by atoms with Crippen molar-refractivity contribution in [2.75, 3.05) is 0 Å². The maximum atomic E-state index is 13.2. The molecule has 1 aromatic rings. The average Bonchev–Trinajstić information content (AvgIpc) is 2.69. The number of benzene rings is 1. The summed E-state index contributed by atoms with van der Waals surface area (Å²) in [4.78, 5) is 0. The molecule has 0 saturated heterocycles. The van der Waals surface area contributed by atoms with Gasteiger partial charge in [0.25, 0.3) is 0 Å². The molecule has 0 N–H and O–H groups in total. The number of hydrogen-bond donors (Lipinski definition) is 0. The van der Waals surface area contributed by atoms with Gasteiger partial charge in [0, 0.05) is 0 Å². The highest BCUT2D eigenvalue weighted by molar-refractivity contribution is 5.21. The molecule has 1 aromatic carbocycles. The second kappa shape index (κ2) is 8.44. The van der Waals surface area contributed by atoms with Crippen LogP contribution in [0.4, 0.5) is 4.39 Å². The molecule has 144 valence electrons. The molecule has 1 heteroatoms. The molecule has 0 nitrogen and oxygen atoms in total. The van der Waals surface area contributed by atoms with Gasteiger partial charge in [-0.05, 0) is 111 Å². The Bertz CT molecular complexity index is 554. The van der Waals surface area contributed by atoms with Crippen molar-refractivity contribution in [2.45, 2.75) is 89.9 Å². The van der Waals surface area contributed by atoms with Crippen molar-refractivity contribution in [3.63, 3.8) is 0 Å². The van der Waals surface area contributed by atoms with Crippen LogP contribution in [0.15, 0.2) is 24.3 Å². The predicted octanol–water partition coefficient (Wildman–Crippen LogP) is 7.73. The van der Waals surface area contributed by atoms with E-state index in [1.165, 1.54) is 76.2 Å². The first-order chi connectivity index (χ1) is 12.7. The van der Waals surface area contributed by atoms with Crippen molar-refractivity contribution in [3.05, 3.63) is 35.6 Å². The highest BCUT2D eigenvalue weighted by atomic mass is 19.1. The Morgan fingerprint density at radius 3 is 2.00 bits per heavy atom. The van der Waals surface area contributed by atoms with Crippen LogP contribution in [-0.4, -0.2) is 0 Å². The van der Waals surface area contributed by atoms with Crippen LogP contribution < -0.4 is 0 Å². The molecule has 26 heavy (non-hydrogen) atoms. The van der Waals surface area contributed by atoms with E-state index in [9.17, 15) is 4.39 Å². The number of hydrogen-bond acceptors (Lipinski definition) is 0. The first-order valence-corrected chi connectivity index (χ1v) is 11.5. The van der Waals surface area contributed by atoms with Gasteiger partial charge in [-0.1, -0.05) is 38.3 Å². The zero-order valence-corrected chi connectivity index (χ0v) is 16.6. The first kappa shape index (κ1) is 18.5. The zero-order chi connectivity index (χ0) is 17.9. The summed E-state index contributed by atoms with van der Waals surface area (Å²) in [5.74, 6) is 5.71. The van der Waals surface area contributed by atoms with Gasteiger partial charge in [-0.2, -0.15) is 0 Å². The van der Waals surface area contributed by atoms with Crippen LogP contribution in [-0.2, 0) is 0 Å². The fourth-order valence-corrected chi connectivity index (χ4v) is 6.78. The number of rotatable bonds is 4. The van der Waals surface area contributed by atoms with Gasteiger partial charge in [0.05, 0.1) is 0 Å². The van der Waals surface area contributed by atoms with E-state index >= 15 is 0 Å². The van der Waals surface area contributed by atoms with E-state index in [1.807, 2.05) is 12.1 Å². The van der Waals surface area contributed by atoms with Crippen LogP contribution in [0.1, 0.15) is 95.5 Å². The lowest BCUT2D eigenvalue weighted by Gasteiger charge is -2.45. The molecule has 0 spiro atoms. The lowest BCUT2D eigenvalue weighted by molar-refractivity contribution is 0.0618. The molecule has 0 bridgehead atoms. The van der Waals surface area contributed by atoms with Gasteiger partial charge in [0.15, 0.2) is 0 Å².